The Bertz CT molecular complexity index is 865. The summed E-state index contributed by atoms with van der Waals surface area (Å²) >= 11 is 0. The highest BCUT2D eigenvalue weighted by Gasteiger charge is 2.28. The molecule has 1 saturated heterocycles. The third-order valence-corrected chi connectivity index (χ3v) is 5.49. The van der Waals surface area contributed by atoms with E-state index < -0.39 is 15.6 Å². The van der Waals surface area contributed by atoms with Gasteiger partial charge >= 0.3 is 5.76 Å². The molecule has 1 unspecified atom stereocenters. The molecule has 22 heavy (non-hydrogen) atoms. The third kappa shape index (κ3) is 3.38. The Morgan fingerprint density at radius 3 is 2.95 bits per heavy atom. The predicted octanol–water partition coefficient (Wildman–Crippen LogP) is 0.357. The molecular formula is C14H16N2O5S. The number of rotatable bonds is 4. The number of benzene rings is 1. The standard InChI is InChI=1S/C14H16N2O5S/c17-13(15-10-5-6-22(19,20)8-10)4-2-9-1-3-12-11(7-9)16-14(18)21-12/h1,3,7,10H,2,4-6,8H2,(H,15,17)(H,16,18). The molecule has 1 aliphatic heterocycles. The molecule has 1 aliphatic rings. The lowest BCUT2D eigenvalue weighted by Gasteiger charge is -2.10. The average Bonchev–Trinajstić information content (AvgIpc) is 2.97. The first kappa shape index (κ1) is 14.8. The van der Waals surface area contributed by atoms with E-state index in [0.717, 1.165) is 5.56 Å². The molecule has 0 aliphatic carbocycles. The summed E-state index contributed by atoms with van der Waals surface area (Å²) in [6.45, 7) is 0. The molecule has 2 N–H and O–H groups in total. The van der Waals surface area contributed by atoms with Gasteiger partial charge in [0.05, 0.1) is 17.0 Å². The van der Waals surface area contributed by atoms with Crippen molar-refractivity contribution in [2.75, 3.05) is 11.5 Å². The first-order chi connectivity index (χ1) is 10.4. The summed E-state index contributed by atoms with van der Waals surface area (Å²) < 4.78 is 27.6. The van der Waals surface area contributed by atoms with Crippen molar-refractivity contribution in [1.82, 2.24) is 10.3 Å². The van der Waals surface area contributed by atoms with Crippen molar-refractivity contribution in [3.05, 3.63) is 34.3 Å². The van der Waals surface area contributed by atoms with E-state index in [1.54, 1.807) is 18.2 Å². The summed E-state index contributed by atoms with van der Waals surface area (Å²) in [5.74, 6) is -0.501. The average molecular weight is 324 g/mol. The topological polar surface area (TPSA) is 109 Å². The Kier molecular flexibility index (Phi) is 3.78. The molecule has 2 aromatic rings. The Balaban J connectivity index is 1.57. The van der Waals surface area contributed by atoms with Gasteiger partial charge in [-0.15, -0.1) is 0 Å². The summed E-state index contributed by atoms with van der Waals surface area (Å²) in [5, 5.41) is 2.75. The Hall–Kier alpha value is -2.09. The van der Waals surface area contributed by atoms with Crippen LogP contribution in [0.5, 0.6) is 0 Å². The second kappa shape index (κ2) is 5.60. The Labute approximate surface area is 126 Å². The minimum Gasteiger partial charge on any atom is -0.408 e. The van der Waals surface area contributed by atoms with E-state index in [1.165, 1.54) is 0 Å². The molecule has 0 bridgehead atoms. The zero-order valence-corrected chi connectivity index (χ0v) is 12.6. The number of oxazole rings is 1. The first-order valence-electron chi connectivity index (χ1n) is 7.03. The monoisotopic (exact) mass is 324 g/mol. The summed E-state index contributed by atoms with van der Waals surface area (Å²) in [5.41, 5.74) is 1.98. The van der Waals surface area contributed by atoms with Crippen LogP contribution in [0.1, 0.15) is 18.4 Å². The number of carbonyl (C=O) groups is 1. The van der Waals surface area contributed by atoms with Crippen LogP contribution in [0.25, 0.3) is 11.1 Å². The lowest BCUT2D eigenvalue weighted by molar-refractivity contribution is -0.121. The molecule has 3 rings (SSSR count). The summed E-state index contributed by atoms with van der Waals surface area (Å²) in [7, 11) is -2.99. The highest BCUT2D eigenvalue weighted by molar-refractivity contribution is 7.91. The van der Waals surface area contributed by atoms with Gasteiger partial charge in [0.25, 0.3) is 0 Å². The number of fused-ring (bicyclic) bond motifs is 1. The van der Waals surface area contributed by atoms with Crippen molar-refractivity contribution in [2.45, 2.75) is 25.3 Å². The molecule has 1 atom stereocenters. The number of H-pyrrole nitrogens is 1. The summed E-state index contributed by atoms with van der Waals surface area (Å²) in [6, 6.07) is 4.98. The van der Waals surface area contributed by atoms with Crippen LogP contribution in [0.3, 0.4) is 0 Å². The lowest BCUT2D eigenvalue weighted by atomic mass is 10.1. The Morgan fingerprint density at radius 2 is 2.23 bits per heavy atom. The molecule has 1 aromatic heterocycles. The Morgan fingerprint density at radius 1 is 1.41 bits per heavy atom. The highest BCUT2D eigenvalue weighted by Crippen LogP contribution is 2.14. The van der Waals surface area contributed by atoms with Gasteiger partial charge in [0.15, 0.2) is 15.4 Å². The minimum absolute atomic E-state index is 0.0287. The highest BCUT2D eigenvalue weighted by atomic mass is 32.2. The van der Waals surface area contributed by atoms with E-state index in [1.807, 2.05) is 0 Å². The third-order valence-electron chi connectivity index (χ3n) is 3.72. The molecule has 0 spiro atoms. The van der Waals surface area contributed by atoms with Crippen LogP contribution in [0.2, 0.25) is 0 Å². The maximum absolute atomic E-state index is 11.9. The largest absolute Gasteiger partial charge is 0.417 e. The van der Waals surface area contributed by atoms with Crippen molar-refractivity contribution in [2.24, 2.45) is 0 Å². The van der Waals surface area contributed by atoms with Crippen molar-refractivity contribution in [3.63, 3.8) is 0 Å². The quantitative estimate of drug-likeness (QED) is 0.844. The molecule has 1 amide bonds. The number of aryl methyl sites for hydroxylation is 1. The molecular weight excluding hydrogens is 308 g/mol. The molecule has 1 fully saturated rings. The second-order valence-electron chi connectivity index (χ2n) is 5.51. The van der Waals surface area contributed by atoms with E-state index in [2.05, 4.69) is 10.3 Å². The van der Waals surface area contributed by atoms with Crippen molar-refractivity contribution < 1.29 is 17.6 Å². The summed E-state index contributed by atoms with van der Waals surface area (Å²) in [6.07, 6.45) is 1.26. The number of hydrogen-bond donors (Lipinski definition) is 2. The van der Waals surface area contributed by atoms with Gasteiger partial charge in [-0.2, -0.15) is 0 Å². The predicted molar refractivity (Wildman–Crippen MR) is 80.4 cm³/mol. The van der Waals surface area contributed by atoms with Crippen LogP contribution in [0.4, 0.5) is 0 Å². The normalized spacial score (nSPS) is 20.3. The minimum atomic E-state index is -2.99. The first-order valence-corrected chi connectivity index (χ1v) is 8.85. The van der Waals surface area contributed by atoms with Gasteiger partial charge < -0.3 is 9.73 Å². The summed E-state index contributed by atoms with van der Waals surface area (Å²) in [4.78, 5) is 25.5. The number of aromatic nitrogens is 1. The van der Waals surface area contributed by atoms with E-state index in [4.69, 9.17) is 4.42 Å². The van der Waals surface area contributed by atoms with Crippen LogP contribution in [-0.4, -0.2) is 36.9 Å². The van der Waals surface area contributed by atoms with E-state index in [9.17, 15) is 18.0 Å². The van der Waals surface area contributed by atoms with E-state index in [-0.39, 0.29) is 29.9 Å². The fraction of sp³-hybridized carbons (Fsp3) is 0.429. The van der Waals surface area contributed by atoms with Crippen LogP contribution < -0.4 is 11.1 Å². The number of aromatic amines is 1. The number of hydrogen-bond acceptors (Lipinski definition) is 5. The molecule has 2 heterocycles. The fourth-order valence-corrected chi connectivity index (χ4v) is 4.29. The molecule has 0 radical (unpaired) electrons. The SMILES string of the molecule is O=C(CCc1ccc2oc(=O)[nH]c2c1)NC1CCS(=O)(=O)C1. The van der Waals surface area contributed by atoms with Crippen LogP contribution >= 0.6 is 0 Å². The molecule has 118 valence electrons. The number of sulfone groups is 1. The zero-order valence-electron chi connectivity index (χ0n) is 11.8. The van der Waals surface area contributed by atoms with E-state index >= 15 is 0 Å². The van der Waals surface area contributed by atoms with Gasteiger partial charge in [0, 0.05) is 12.5 Å². The smallest absolute Gasteiger partial charge is 0.408 e. The van der Waals surface area contributed by atoms with Crippen molar-refractivity contribution in [1.29, 1.82) is 0 Å². The van der Waals surface area contributed by atoms with Gasteiger partial charge in [0.1, 0.15) is 0 Å². The lowest BCUT2D eigenvalue weighted by Crippen LogP contribution is -2.35. The second-order valence-corrected chi connectivity index (χ2v) is 7.74. The zero-order chi connectivity index (χ0) is 15.7. The van der Waals surface area contributed by atoms with E-state index in [0.29, 0.717) is 23.9 Å². The van der Waals surface area contributed by atoms with Gasteiger partial charge in [-0.3, -0.25) is 9.78 Å². The van der Waals surface area contributed by atoms with Gasteiger partial charge in [-0.25, -0.2) is 13.2 Å². The van der Waals surface area contributed by atoms with Gasteiger partial charge in [0.2, 0.25) is 5.91 Å². The number of nitrogens with one attached hydrogen (secondary N) is 2. The fourth-order valence-electron chi connectivity index (χ4n) is 2.62. The molecule has 0 saturated carbocycles. The van der Waals surface area contributed by atoms with Crippen LogP contribution in [0.15, 0.2) is 27.4 Å². The van der Waals surface area contributed by atoms with Gasteiger partial charge in [-0.1, -0.05) is 6.07 Å². The van der Waals surface area contributed by atoms with Crippen LogP contribution in [0, 0.1) is 0 Å². The number of carbonyl (C=O) groups excluding carboxylic acids is 1. The van der Waals surface area contributed by atoms with Crippen molar-refractivity contribution in [3.8, 4) is 0 Å². The van der Waals surface area contributed by atoms with Crippen molar-refractivity contribution >= 4 is 26.8 Å². The number of amides is 1. The van der Waals surface area contributed by atoms with Crippen LogP contribution in [-0.2, 0) is 21.1 Å². The molecule has 7 nitrogen and oxygen atoms in total. The maximum atomic E-state index is 11.9. The maximum Gasteiger partial charge on any atom is 0.417 e. The van der Waals surface area contributed by atoms with Gasteiger partial charge in [-0.05, 0) is 30.5 Å². The molecule has 8 heteroatoms. The molecule has 1 aromatic carbocycles.